The fourth-order valence-electron chi connectivity index (χ4n) is 2.07. The van der Waals surface area contributed by atoms with Gasteiger partial charge in [0, 0.05) is 26.5 Å². The molecule has 0 amide bonds. The van der Waals surface area contributed by atoms with Gasteiger partial charge in [-0.1, -0.05) is 0 Å². The molecule has 1 fully saturated rings. The summed E-state index contributed by atoms with van der Waals surface area (Å²) >= 11 is 0. The molecule has 2 unspecified atom stereocenters. The minimum atomic E-state index is -3.56. The second kappa shape index (κ2) is 5.95. The van der Waals surface area contributed by atoms with Crippen LogP contribution in [0.1, 0.15) is 5.69 Å². The number of aryl methyl sites for hydroxylation is 1. The van der Waals surface area contributed by atoms with E-state index in [1.54, 1.807) is 24.9 Å². The molecule has 114 valence electrons. The number of sulfonamides is 1. The zero-order valence-corrected chi connectivity index (χ0v) is 14.6. The topological polar surface area (TPSA) is 73.7 Å². The van der Waals surface area contributed by atoms with E-state index in [-0.39, 0.29) is 13.8 Å². The van der Waals surface area contributed by atoms with Crippen molar-refractivity contribution in [1.82, 2.24) is 13.9 Å². The first kappa shape index (κ1) is 16.3. The normalized spacial score (nSPS) is 18.9. The van der Waals surface area contributed by atoms with Gasteiger partial charge in [-0.25, -0.2) is 8.42 Å². The number of hydrogen-bond acceptors (Lipinski definition) is 5. The summed E-state index contributed by atoms with van der Waals surface area (Å²) in [6.45, 7) is 2.64. The number of aromatic nitrogens is 2. The van der Waals surface area contributed by atoms with Gasteiger partial charge in [-0.2, -0.15) is 9.17 Å². The molecule has 20 heavy (non-hydrogen) atoms. The third-order valence-corrected chi connectivity index (χ3v) is 7.76. The van der Waals surface area contributed by atoms with E-state index in [0.29, 0.717) is 25.2 Å². The molecule has 0 N–H and O–H groups in total. The van der Waals surface area contributed by atoms with Gasteiger partial charge in [0.2, 0.25) is 0 Å². The van der Waals surface area contributed by atoms with Gasteiger partial charge < -0.3 is 9.47 Å². The summed E-state index contributed by atoms with van der Waals surface area (Å²) in [5.41, 5.74) is 0.128. The van der Waals surface area contributed by atoms with Crippen molar-refractivity contribution in [1.29, 1.82) is 0 Å². The van der Waals surface area contributed by atoms with Crippen LogP contribution in [0.4, 0.5) is 0 Å². The molecule has 7 nitrogen and oxygen atoms in total. The van der Waals surface area contributed by atoms with Crippen molar-refractivity contribution in [2.75, 3.05) is 33.3 Å². The Labute approximate surface area is 123 Å². The second-order valence-corrected chi connectivity index (χ2v) is 7.93. The van der Waals surface area contributed by atoms with E-state index >= 15 is 0 Å². The smallest absolute Gasteiger partial charge is 0.265 e. The number of rotatable bonds is 6. The van der Waals surface area contributed by atoms with Gasteiger partial charge in [-0.3, -0.25) is 4.68 Å². The Morgan fingerprint density at radius 2 is 2.30 bits per heavy atom. The number of ether oxygens (including phenoxy) is 2. The lowest BCUT2D eigenvalue weighted by Gasteiger charge is -2.39. The molecule has 0 aromatic carbocycles. The van der Waals surface area contributed by atoms with Crippen LogP contribution < -0.4 is 0 Å². The van der Waals surface area contributed by atoms with Crippen molar-refractivity contribution in [2.45, 2.75) is 10.6 Å². The first-order valence-electron chi connectivity index (χ1n) is 5.99. The zero-order valence-electron chi connectivity index (χ0n) is 11.7. The number of methoxy groups -OCH3 is 1. The predicted octanol–water partition coefficient (Wildman–Crippen LogP) is 0.339. The zero-order chi connectivity index (χ0) is 15.0. The molecule has 0 bridgehead atoms. The van der Waals surface area contributed by atoms with Crippen LogP contribution in [0.5, 0.6) is 0 Å². The number of nitrogens with zero attached hydrogens (tertiary/aromatic N) is 3. The highest BCUT2D eigenvalue weighted by atomic mass is 32.2. The summed E-state index contributed by atoms with van der Waals surface area (Å²) in [6, 6.07) is 1.58. The lowest BCUT2D eigenvalue weighted by Crippen LogP contribution is -2.49. The van der Waals surface area contributed by atoms with Crippen molar-refractivity contribution in [3.63, 3.8) is 0 Å². The van der Waals surface area contributed by atoms with E-state index in [1.807, 2.05) is 6.66 Å². The Bertz CT molecular complexity index is 576. The van der Waals surface area contributed by atoms with Gasteiger partial charge in [0.05, 0.1) is 18.9 Å². The van der Waals surface area contributed by atoms with Crippen LogP contribution in [-0.4, -0.2) is 55.5 Å². The van der Waals surface area contributed by atoms with Gasteiger partial charge in [-0.05, 0) is 15.4 Å². The largest absolute Gasteiger partial charge is 0.374 e. The van der Waals surface area contributed by atoms with Crippen LogP contribution >= 0.6 is 18.0 Å². The Kier molecular flexibility index (Phi) is 4.84. The molecule has 0 spiro atoms. The summed E-state index contributed by atoms with van der Waals surface area (Å²) < 4.78 is 38.5. The van der Waals surface area contributed by atoms with Gasteiger partial charge in [0.1, 0.15) is 0 Å². The van der Waals surface area contributed by atoms with Crippen LogP contribution in [0.3, 0.4) is 0 Å². The molecule has 0 saturated carbocycles. The molecule has 2 rings (SSSR count). The van der Waals surface area contributed by atoms with Gasteiger partial charge in [0.25, 0.3) is 10.0 Å². The lowest BCUT2D eigenvalue weighted by molar-refractivity contribution is -0.206. The molecule has 10 heteroatoms. The molecule has 1 aliphatic heterocycles. The highest BCUT2D eigenvalue weighted by molar-refractivity contribution is 7.92. The molecule has 1 aromatic heterocycles. The van der Waals surface area contributed by atoms with E-state index in [1.165, 1.54) is 4.08 Å². The maximum absolute atomic E-state index is 12.5. The molecule has 0 aliphatic carbocycles. The van der Waals surface area contributed by atoms with Crippen molar-refractivity contribution in [2.24, 2.45) is 7.05 Å². The third kappa shape index (κ3) is 2.54. The van der Waals surface area contributed by atoms with E-state index in [9.17, 15) is 8.42 Å². The number of hydrogen-bond donors (Lipinski definition) is 0. The standard InChI is InChI=1S/C10H19N3O4P2S/c1-12-8(10(16-2)5-17-6-10)4-9(11-12)20(14,15)13(7-18)19-3/h4,19H,5-7,18H2,1-3H3. The van der Waals surface area contributed by atoms with E-state index in [0.717, 1.165) is 0 Å². The van der Waals surface area contributed by atoms with Crippen LogP contribution in [0.15, 0.2) is 11.1 Å². The highest BCUT2D eigenvalue weighted by Crippen LogP contribution is 2.35. The minimum Gasteiger partial charge on any atom is -0.374 e. The van der Waals surface area contributed by atoms with E-state index in [4.69, 9.17) is 9.47 Å². The summed E-state index contributed by atoms with van der Waals surface area (Å²) in [7, 11) is 2.32. The predicted molar refractivity (Wildman–Crippen MR) is 80.6 cm³/mol. The Morgan fingerprint density at radius 3 is 2.70 bits per heavy atom. The van der Waals surface area contributed by atoms with Crippen molar-refractivity contribution in [3.8, 4) is 0 Å². The summed E-state index contributed by atoms with van der Waals surface area (Å²) in [4.78, 5) is 0. The molecule has 1 aliphatic rings. The Hall–Kier alpha value is -0.100. The summed E-state index contributed by atoms with van der Waals surface area (Å²) in [5, 5.41) is 4.19. The van der Waals surface area contributed by atoms with Crippen LogP contribution in [-0.2, 0) is 32.1 Å². The fourth-order valence-corrected chi connectivity index (χ4v) is 5.54. The van der Waals surface area contributed by atoms with Crippen LogP contribution in [0.25, 0.3) is 0 Å². The lowest BCUT2D eigenvalue weighted by atomic mass is 9.97. The Morgan fingerprint density at radius 1 is 1.65 bits per heavy atom. The second-order valence-electron chi connectivity index (χ2n) is 4.44. The maximum Gasteiger partial charge on any atom is 0.265 e. The first-order chi connectivity index (χ1) is 9.41. The minimum absolute atomic E-state index is 0.0510. The van der Waals surface area contributed by atoms with Crippen LogP contribution in [0.2, 0.25) is 0 Å². The van der Waals surface area contributed by atoms with Crippen molar-refractivity contribution in [3.05, 3.63) is 11.8 Å². The SMILES string of the molecule is COC1(c2cc(S(=O)(=O)N(CP)PC)nn2C)COC1. The van der Waals surface area contributed by atoms with Gasteiger partial charge >= 0.3 is 0 Å². The van der Waals surface area contributed by atoms with Crippen molar-refractivity contribution < 1.29 is 17.9 Å². The van der Waals surface area contributed by atoms with Gasteiger partial charge in [0.15, 0.2) is 10.6 Å². The molecule has 1 saturated heterocycles. The van der Waals surface area contributed by atoms with Gasteiger partial charge in [-0.15, -0.1) is 9.24 Å². The molecule has 2 atom stereocenters. The third-order valence-electron chi connectivity index (χ3n) is 3.36. The summed E-state index contributed by atoms with van der Waals surface area (Å²) in [5.74, 6) is 0. The summed E-state index contributed by atoms with van der Waals surface area (Å²) in [6.07, 6.45) is 0.349. The highest BCUT2D eigenvalue weighted by Gasteiger charge is 2.44. The molecular weight excluding hydrogens is 320 g/mol. The fraction of sp³-hybridized carbons (Fsp3) is 0.700. The van der Waals surface area contributed by atoms with Crippen molar-refractivity contribution >= 4 is 28.0 Å². The maximum atomic E-state index is 12.5. The van der Waals surface area contributed by atoms with E-state index in [2.05, 4.69) is 14.3 Å². The van der Waals surface area contributed by atoms with Crippen LogP contribution in [0, 0.1) is 0 Å². The van der Waals surface area contributed by atoms with E-state index < -0.39 is 15.6 Å². The molecule has 0 radical (unpaired) electrons. The Balaban J connectivity index is 2.41. The quantitative estimate of drug-likeness (QED) is 0.699. The monoisotopic (exact) mass is 339 g/mol. The average Bonchev–Trinajstić information content (AvgIpc) is 2.74. The first-order valence-corrected chi connectivity index (χ1v) is 9.69. The average molecular weight is 339 g/mol. The molecule has 2 heterocycles. The molecule has 1 aromatic rings. The molecular formula is C10H19N3O4P2S.